The summed E-state index contributed by atoms with van der Waals surface area (Å²) >= 11 is 4.75. The van der Waals surface area contributed by atoms with Gasteiger partial charge in [0.2, 0.25) is 5.91 Å². The predicted octanol–water partition coefficient (Wildman–Crippen LogP) is -1.27. The first-order valence-corrected chi connectivity index (χ1v) is 5.98. The van der Waals surface area contributed by atoms with E-state index in [0.29, 0.717) is 0 Å². The lowest BCUT2D eigenvalue weighted by Crippen LogP contribution is -2.47. The Balaban J connectivity index is 3.82. The van der Waals surface area contributed by atoms with Crippen LogP contribution in [0.5, 0.6) is 0 Å². The fourth-order valence-corrected chi connectivity index (χ4v) is 1.16. The minimum Gasteiger partial charge on any atom is -0.360 e. The SMILES string of the molecule is CC(=O)N(C)NC(=S)NCCS(=O)(=O)O. The molecular weight excluding hydrogens is 242 g/mol. The Hall–Kier alpha value is -0.930. The van der Waals surface area contributed by atoms with Crippen LogP contribution < -0.4 is 10.7 Å². The van der Waals surface area contributed by atoms with E-state index in [1.54, 1.807) is 0 Å². The first kappa shape index (κ1) is 14.1. The van der Waals surface area contributed by atoms with Gasteiger partial charge in [0, 0.05) is 20.5 Å². The molecule has 0 unspecified atom stereocenters. The predicted molar refractivity (Wildman–Crippen MR) is 58.6 cm³/mol. The number of carbonyl (C=O) groups excluding carboxylic acids is 1. The molecule has 0 radical (unpaired) electrons. The van der Waals surface area contributed by atoms with Gasteiger partial charge in [0.15, 0.2) is 5.11 Å². The Bertz CT molecular complexity index is 340. The van der Waals surface area contributed by atoms with Crippen molar-refractivity contribution in [2.45, 2.75) is 6.92 Å². The fourth-order valence-electron chi connectivity index (χ4n) is 0.564. The molecule has 0 bridgehead atoms. The van der Waals surface area contributed by atoms with E-state index in [2.05, 4.69) is 10.7 Å². The van der Waals surface area contributed by atoms with E-state index in [-0.39, 0.29) is 17.6 Å². The molecule has 0 atom stereocenters. The molecule has 7 nitrogen and oxygen atoms in total. The van der Waals surface area contributed by atoms with E-state index in [4.69, 9.17) is 16.8 Å². The van der Waals surface area contributed by atoms with Gasteiger partial charge < -0.3 is 5.32 Å². The zero-order chi connectivity index (χ0) is 12.1. The minimum atomic E-state index is -4.00. The second kappa shape index (κ2) is 5.83. The molecule has 0 aliphatic heterocycles. The Morgan fingerprint density at radius 3 is 2.47 bits per heavy atom. The summed E-state index contributed by atoms with van der Waals surface area (Å²) in [5.74, 6) is -0.688. The van der Waals surface area contributed by atoms with Gasteiger partial charge in [-0.15, -0.1) is 0 Å². The second-order valence-electron chi connectivity index (χ2n) is 2.73. The summed E-state index contributed by atoms with van der Waals surface area (Å²) in [4.78, 5) is 10.8. The van der Waals surface area contributed by atoms with Gasteiger partial charge >= 0.3 is 0 Å². The first-order valence-electron chi connectivity index (χ1n) is 3.96. The highest BCUT2D eigenvalue weighted by atomic mass is 32.2. The summed E-state index contributed by atoms with van der Waals surface area (Å²) in [5.41, 5.74) is 2.49. The van der Waals surface area contributed by atoms with Crippen LogP contribution in [-0.4, -0.2) is 48.3 Å². The summed E-state index contributed by atoms with van der Waals surface area (Å²) in [6, 6.07) is 0. The molecule has 9 heteroatoms. The molecule has 15 heavy (non-hydrogen) atoms. The summed E-state index contributed by atoms with van der Waals surface area (Å²) in [6.07, 6.45) is 0. The van der Waals surface area contributed by atoms with Crippen molar-refractivity contribution in [3.8, 4) is 0 Å². The highest BCUT2D eigenvalue weighted by molar-refractivity contribution is 7.85. The molecule has 0 aliphatic carbocycles. The largest absolute Gasteiger partial charge is 0.360 e. The van der Waals surface area contributed by atoms with Crippen molar-refractivity contribution < 1.29 is 17.8 Å². The molecule has 1 amide bonds. The quantitative estimate of drug-likeness (QED) is 0.328. The molecular formula is C6H13N3O4S2. The molecule has 0 spiro atoms. The minimum absolute atomic E-state index is 0.0313. The lowest BCUT2D eigenvalue weighted by Gasteiger charge is -2.18. The molecule has 0 saturated carbocycles. The third kappa shape index (κ3) is 8.09. The van der Waals surface area contributed by atoms with Crippen LogP contribution in [0.15, 0.2) is 0 Å². The summed E-state index contributed by atoms with van der Waals surface area (Å²) < 4.78 is 29.1. The van der Waals surface area contributed by atoms with Crippen molar-refractivity contribution in [1.29, 1.82) is 0 Å². The van der Waals surface area contributed by atoms with Crippen LogP contribution in [0.2, 0.25) is 0 Å². The second-order valence-corrected chi connectivity index (χ2v) is 4.71. The molecule has 0 aromatic rings. The Kier molecular flexibility index (Phi) is 5.47. The highest BCUT2D eigenvalue weighted by Gasteiger charge is 2.06. The smallest absolute Gasteiger partial charge is 0.266 e. The van der Waals surface area contributed by atoms with Gasteiger partial charge in [0.25, 0.3) is 10.1 Å². The zero-order valence-corrected chi connectivity index (χ0v) is 9.98. The van der Waals surface area contributed by atoms with Crippen molar-refractivity contribution in [1.82, 2.24) is 15.8 Å². The molecule has 0 aromatic heterocycles. The van der Waals surface area contributed by atoms with E-state index in [9.17, 15) is 13.2 Å². The van der Waals surface area contributed by atoms with Gasteiger partial charge in [-0.05, 0) is 12.2 Å². The summed E-state index contributed by atoms with van der Waals surface area (Å²) in [5, 5.41) is 3.76. The monoisotopic (exact) mass is 255 g/mol. The third-order valence-corrected chi connectivity index (χ3v) is 2.34. The number of hydrogen-bond donors (Lipinski definition) is 3. The normalized spacial score (nSPS) is 10.6. The van der Waals surface area contributed by atoms with E-state index >= 15 is 0 Å². The molecule has 0 rings (SSSR count). The number of carbonyl (C=O) groups is 1. The fraction of sp³-hybridized carbons (Fsp3) is 0.667. The molecule has 0 fully saturated rings. The first-order chi connectivity index (χ1) is 6.72. The highest BCUT2D eigenvalue weighted by Crippen LogP contribution is 1.80. The maximum Gasteiger partial charge on any atom is 0.266 e. The van der Waals surface area contributed by atoms with Gasteiger partial charge in [-0.2, -0.15) is 8.42 Å². The summed E-state index contributed by atoms with van der Waals surface area (Å²) in [7, 11) is -2.52. The van der Waals surface area contributed by atoms with Crippen LogP contribution in [0.1, 0.15) is 6.92 Å². The van der Waals surface area contributed by atoms with E-state index in [1.807, 2.05) is 0 Å². The molecule has 3 N–H and O–H groups in total. The van der Waals surface area contributed by atoms with E-state index in [0.717, 1.165) is 5.01 Å². The van der Waals surface area contributed by atoms with Crippen molar-refractivity contribution in [3.63, 3.8) is 0 Å². The molecule has 0 aromatic carbocycles. The van der Waals surface area contributed by atoms with Crippen LogP contribution >= 0.6 is 12.2 Å². The van der Waals surface area contributed by atoms with Gasteiger partial charge in [0.1, 0.15) is 0 Å². The third-order valence-electron chi connectivity index (χ3n) is 1.39. The van der Waals surface area contributed by atoms with E-state index < -0.39 is 15.9 Å². The Morgan fingerprint density at radius 2 is 2.07 bits per heavy atom. The van der Waals surface area contributed by atoms with Gasteiger partial charge in [-0.25, -0.2) is 0 Å². The average molecular weight is 255 g/mol. The number of hydrazine groups is 1. The Labute approximate surface area is 93.5 Å². The maximum absolute atomic E-state index is 10.8. The number of rotatable bonds is 3. The lowest BCUT2D eigenvalue weighted by molar-refractivity contribution is -0.129. The van der Waals surface area contributed by atoms with Crippen LogP contribution in [-0.2, 0) is 14.9 Å². The van der Waals surface area contributed by atoms with E-state index in [1.165, 1.54) is 14.0 Å². The van der Waals surface area contributed by atoms with Crippen LogP contribution in [0.4, 0.5) is 0 Å². The number of hydrogen-bond acceptors (Lipinski definition) is 4. The summed E-state index contributed by atoms with van der Waals surface area (Å²) in [6.45, 7) is 1.31. The van der Waals surface area contributed by atoms with Gasteiger partial charge in [0.05, 0.1) is 5.75 Å². The van der Waals surface area contributed by atoms with Crippen LogP contribution in [0, 0.1) is 0 Å². The van der Waals surface area contributed by atoms with Crippen LogP contribution in [0.3, 0.4) is 0 Å². The molecule has 88 valence electrons. The lowest BCUT2D eigenvalue weighted by atomic mass is 10.7. The molecule has 0 saturated heterocycles. The van der Waals surface area contributed by atoms with Crippen molar-refractivity contribution >= 4 is 33.4 Å². The number of nitrogens with one attached hydrogen (secondary N) is 2. The van der Waals surface area contributed by atoms with Crippen molar-refractivity contribution in [3.05, 3.63) is 0 Å². The van der Waals surface area contributed by atoms with Crippen LogP contribution in [0.25, 0.3) is 0 Å². The Morgan fingerprint density at radius 1 is 1.53 bits per heavy atom. The maximum atomic E-state index is 10.8. The van der Waals surface area contributed by atoms with Gasteiger partial charge in [-0.1, -0.05) is 0 Å². The molecule has 0 aliphatic rings. The topological polar surface area (TPSA) is 98.7 Å². The average Bonchev–Trinajstić information content (AvgIpc) is 2.01. The van der Waals surface area contributed by atoms with Gasteiger partial charge in [-0.3, -0.25) is 19.8 Å². The van der Waals surface area contributed by atoms with Crippen molar-refractivity contribution in [2.24, 2.45) is 0 Å². The number of thiocarbonyl (C=S) groups is 1. The number of amides is 1. The van der Waals surface area contributed by atoms with Crippen molar-refractivity contribution in [2.75, 3.05) is 19.3 Å². The zero-order valence-electron chi connectivity index (χ0n) is 8.35. The molecule has 0 heterocycles. The number of nitrogens with zero attached hydrogens (tertiary/aromatic N) is 1. The standard InChI is InChI=1S/C6H13N3O4S2/c1-5(10)9(2)8-6(14)7-3-4-15(11,12)13/h3-4H2,1-2H3,(H2,7,8,14)(H,11,12,13).